The fraction of sp³-hybridized carbons (Fsp3) is 0.571. The summed E-state index contributed by atoms with van der Waals surface area (Å²) in [5.41, 5.74) is 2.64. The number of allylic oxidation sites excluding steroid dienone is 2. The summed E-state index contributed by atoms with van der Waals surface area (Å²) in [4.78, 5) is 4.25. The molecule has 1 atom stereocenters. The van der Waals surface area contributed by atoms with Crippen LogP contribution in [0.4, 0.5) is 0 Å². The maximum absolute atomic E-state index is 12.5. The Bertz CT molecular complexity index is 1070. The molecule has 0 bridgehead atoms. The molecule has 1 unspecified atom stereocenters. The van der Waals surface area contributed by atoms with Gasteiger partial charge < -0.3 is 5.11 Å². The lowest BCUT2D eigenvalue weighted by atomic mass is 9.89. The van der Waals surface area contributed by atoms with E-state index in [2.05, 4.69) is 21.9 Å². The van der Waals surface area contributed by atoms with Gasteiger partial charge in [-0.15, -0.1) is 0 Å². The topological polar surface area (TPSA) is 86.9 Å². The van der Waals surface area contributed by atoms with Crippen LogP contribution >= 0.6 is 0 Å². The van der Waals surface area contributed by atoms with E-state index < -0.39 is 21.9 Å². The average Bonchev–Trinajstić information content (AvgIpc) is 3.20. The smallest absolute Gasteiger partial charge is 0.279 e. The van der Waals surface area contributed by atoms with Crippen molar-refractivity contribution < 1.29 is 13.5 Å². The predicted octanol–water partition coefficient (Wildman–Crippen LogP) is 1.71. The quantitative estimate of drug-likeness (QED) is 0.774. The van der Waals surface area contributed by atoms with Crippen molar-refractivity contribution in [1.29, 1.82) is 0 Å². The molecule has 0 spiro atoms. The highest BCUT2D eigenvalue weighted by atomic mass is 32.2. The second kappa shape index (κ2) is 7.50. The molecule has 2 N–H and O–H groups in total. The number of fused-ring (bicyclic) bond motifs is 3. The number of aromatic nitrogens is 2. The highest BCUT2D eigenvalue weighted by Gasteiger charge is 2.32. The summed E-state index contributed by atoms with van der Waals surface area (Å²) in [5.74, 6) is 0.290. The van der Waals surface area contributed by atoms with Gasteiger partial charge in [0.1, 0.15) is 0 Å². The van der Waals surface area contributed by atoms with Gasteiger partial charge in [0.2, 0.25) is 0 Å². The van der Waals surface area contributed by atoms with E-state index in [1.165, 1.54) is 9.87 Å². The monoisotopic (exact) mass is 418 g/mol. The second-order valence-corrected chi connectivity index (χ2v) is 10.8. The lowest BCUT2D eigenvalue weighted by Crippen LogP contribution is -2.51. The van der Waals surface area contributed by atoms with E-state index in [0.717, 1.165) is 35.7 Å². The molecule has 158 valence electrons. The summed E-state index contributed by atoms with van der Waals surface area (Å²) in [6, 6.07) is 0. The van der Waals surface area contributed by atoms with Crippen LogP contribution in [0.25, 0.3) is 11.6 Å². The Balaban J connectivity index is 1.45. The van der Waals surface area contributed by atoms with Crippen molar-refractivity contribution in [1.82, 2.24) is 18.4 Å². The molecule has 0 saturated carbocycles. The first-order valence-corrected chi connectivity index (χ1v) is 11.7. The third kappa shape index (κ3) is 4.12. The molecular weight excluding hydrogens is 388 g/mol. The Morgan fingerprint density at radius 2 is 2.03 bits per heavy atom. The first kappa shape index (κ1) is 20.5. The van der Waals surface area contributed by atoms with Crippen LogP contribution in [0.3, 0.4) is 0 Å². The summed E-state index contributed by atoms with van der Waals surface area (Å²) in [6.45, 7) is 6.50. The van der Waals surface area contributed by atoms with E-state index in [-0.39, 0.29) is 0 Å². The molecule has 0 amide bonds. The molecule has 3 heterocycles. The molecule has 1 fully saturated rings. The first-order valence-electron chi connectivity index (χ1n) is 10.3. The Morgan fingerprint density at radius 3 is 2.72 bits per heavy atom. The van der Waals surface area contributed by atoms with Crippen LogP contribution in [0.1, 0.15) is 57.4 Å². The van der Waals surface area contributed by atoms with Gasteiger partial charge in [-0.05, 0) is 57.9 Å². The maximum atomic E-state index is 12.5. The van der Waals surface area contributed by atoms with Crippen LogP contribution in [-0.2, 0) is 16.6 Å². The first-order chi connectivity index (χ1) is 13.7. The zero-order chi connectivity index (χ0) is 20.8. The molecule has 8 heteroatoms. The number of piperidine rings is 1. The van der Waals surface area contributed by atoms with Crippen molar-refractivity contribution in [2.24, 2.45) is 5.92 Å². The van der Waals surface area contributed by atoms with Crippen LogP contribution in [0.2, 0.25) is 0 Å². The van der Waals surface area contributed by atoms with Gasteiger partial charge in [0.05, 0.1) is 29.8 Å². The Morgan fingerprint density at radius 1 is 1.31 bits per heavy atom. The molecule has 1 aliphatic heterocycles. The molecular formula is C21H30N4O3S. The molecule has 29 heavy (non-hydrogen) atoms. The summed E-state index contributed by atoms with van der Waals surface area (Å²) in [5, 5.41) is 12.2. The average molecular weight is 419 g/mol. The number of aliphatic hydroxyl groups excluding tert-OH is 1. The second-order valence-electron chi connectivity index (χ2n) is 9.18. The molecule has 1 saturated heterocycles. The van der Waals surface area contributed by atoms with E-state index >= 15 is 0 Å². The third-order valence-corrected chi connectivity index (χ3v) is 7.67. The van der Waals surface area contributed by atoms with E-state index in [9.17, 15) is 13.5 Å². The molecule has 7 nitrogen and oxygen atoms in total. The molecule has 2 aromatic heterocycles. The minimum Gasteiger partial charge on any atom is -0.387 e. The van der Waals surface area contributed by atoms with Crippen molar-refractivity contribution in [3.05, 3.63) is 41.2 Å². The standard InChI is InChI=1S/C21H30N4O3S/c1-21(2,3)23-29(27,28)24-10-8-15(9-11-24)12-19(26)20-17-7-5-4-6-16(17)18-13-22-14-25(18)20/h4-6,13-15,19,23,26H,7-12H2,1-3H3. The number of hydrogen-bond acceptors (Lipinski definition) is 4. The van der Waals surface area contributed by atoms with E-state index in [1.807, 2.05) is 37.4 Å². The van der Waals surface area contributed by atoms with Crippen LogP contribution in [0, 0.1) is 5.92 Å². The normalized spacial score (nSPS) is 20.0. The highest BCUT2D eigenvalue weighted by Crippen LogP contribution is 2.31. The SMILES string of the molecule is CC(C)(C)NS(=O)(=O)N1CCC(CC(O)c2c3c(c4cncn24)=CC=CC3)CC1. The van der Waals surface area contributed by atoms with Crippen LogP contribution in [0.5, 0.6) is 0 Å². The predicted molar refractivity (Wildman–Crippen MR) is 113 cm³/mol. The van der Waals surface area contributed by atoms with Crippen molar-refractivity contribution in [2.45, 2.75) is 58.1 Å². The van der Waals surface area contributed by atoms with Crippen LogP contribution in [-0.4, -0.2) is 45.8 Å². The molecule has 4 rings (SSSR count). The third-order valence-electron chi connectivity index (χ3n) is 5.75. The number of rotatable bonds is 5. The summed E-state index contributed by atoms with van der Waals surface area (Å²) < 4.78 is 31.3. The zero-order valence-electron chi connectivity index (χ0n) is 17.3. The molecule has 0 aromatic carbocycles. The van der Waals surface area contributed by atoms with Crippen LogP contribution < -0.4 is 9.94 Å². The number of nitrogens with zero attached hydrogens (tertiary/aromatic N) is 3. The van der Waals surface area contributed by atoms with Gasteiger partial charge in [0, 0.05) is 23.8 Å². The zero-order valence-corrected chi connectivity index (χ0v) is 18.1. The van der Waals surface area contributed by atoms with Gasteiger partial charge in [0.15, 0.2) is 0 Å². The highest BCUT2D eigenvalue weighted by molar-refractivity contribution is 7.87. The number of imidazole rings is 1. The number of hydrogen-bond donors (Lipinski definition) is 2. The van der Waals surface area contributed by atoms with Gasteiger partial charge in [0.25, 0.3) is 10.2 Å². The summed E-state index contributed by atoms with van der Waals surface area (Å²) >= 11 is 0. The van der Waals surface area contributed by atoms with E-state index in [4.69, 9.17) is 0 Å². The van der Waals surface area contributed by atoms with E-state index in [1.54, 1.807) is 6.33 Å². The van der Waals surface area contributed by atoms with E-state index in [0.29, 0.717) is 25.4 Å². The lowest BCUT2D eigenvalue weighted by molar-refractivity contribution is 0.119. The minimum absolute atomic E-state index is 0.290. The molecule has 2 aromatic rings. The Kier molecular flexibility index (Phi) is 5.31. The van der Waals surface area contributed by atoms with Crippen molar-refractivity contribution in [2.75, 3.05) is 13.1 Å². The number of aliphatic hydroxyl groups is 1. The summed E-state index contributed by atoms with van der Waals surface area (Å²) in [6.07, 6.45) is 12.2. The van der Waals surface area contributed by atoms with Gasteiger partial charge in [-0.2, -0.15) is 17.4 Å². The minimum atomic E-state index is -3.47. The fourth-order valence-electron chi connectivity index (χ4n) is 4.50. The molecule has 0 radical (unpaired) electrons. The summed E-state index contributed by atoms with van der Waals surface area (Å²) in [7, 11) is -3.47. The Hall–Kier alpha value is -1.74. The maximum Gasteiger partial charge on any atom is 0.279 e. The van der Waals surface area contributed by atoms with Crippen molar-refractivity contribution in [3.63, 3.8) is 0 Å². The molecule has 2 aliphatic rings. The van der Waals surface area contributed by atoms with Crippen molar-refractivity contribution >= 4 is 21.8 Å². The van der Waals surface area contributed by atoms with Gasteiger partial charge in [-0.1, -0.05) is 18.2 Å². The lowest BCUT2D eigenvalue weighted by Gasteiger charge is -2.34. The largest absolute Gasteiger partial charge is 0.387 e. The van der Waals surface area contributed by atoms with Gasteiger partial charge in [-0.3, -0.25) is 4.40 Å². The molecule has 1 aliphatic carbocycles. The fourth-order valence-corrected chi connectivity index (χ4v) is 6.10. The number of nitrogens with one attached hydrogen (secondary N) is 1. The Labute approximate surface area is 172 Å². The van der Waals surface area contributed by atoms with Crippen molar-refractivity contribution in [3.8, 4) is 0 Å². The van der Waals surface area contributed by atoms with Gasteiger partial charge in [-0.25, -0.2) is 4.98 Å². The van der Waals surface area contributed by atoms with Crippen LogP contribution in [0.15, 0.2) is 24.7 Å². The van der Waals surface area contributed by atoms with Gasteiger partial charge >= 0.3 is 0 Å².